The topological polar surface area (TPSA) is 29.3 Å². The molecule has 0 aromatic heterocycles. The Balaban J connectivity index is 3.05. The Kier molecular flexibility index (Phi) is 3.76. The van der Waals surface area contributed by atoms with Crippen LogP contribution in [0.1, 0.15) is 36.6 Å². The van der Waals surface area contributed by atoms with Crippen LogP contribution in [-0.4, -0.2) is 24.5 Å². The number of benzene rings is 1. The fraction of sp³-hybridized carbons (Fsp3) is 0.571. The minimum Gasteiger partial charge on any atom is -0.322 e. The van der Waals surface area contributed by atoms with Gasteiger partial charge in [-0.05, 0) is 58.5 Å². The summed E-state index contributed by atoms with van der Waals surface area (Å²) in [6, 6.07) is 6.52. The van der Waals surface area contributed by atoms with Crippen LogP contribution < -0.4 is 5.73 Å². The number of hydrogen-bond acceptors (Lipinski definition) is 2. The van der Waals surface area contributed by atoms with E-state index in [9.17, 15) is 0 Å². The fourth-order valence-corrected chi connectivity index (χ4v) is 1.64. The lowest BCUT2D eigenvalue weighted by Crippen LogP contribution is -2.47. The molecular formula is C14H24N2. The van der Waals surface area contributed by atoms with Gasteiger partial charge in [0, 0.05) is 11.6 Å². The first-order valence-electron chi connectivity index (χ1n) is 5.77. The fourth-order valence-electron chi connectivity index (χ4n) is 1.64. The standard InChI is InChI=1S/C14H24N2/c1-10-7-8-12(9-11(10)2)13(15)14(3,4)16(5)6/h7-9,13H,15H2,1-6H3. The van der Waals surface area contributed by atoms with Gasteiger partial charge in [0.15, 0.2) is 0 Å². The smallest absolute Gasteiger partial charge is 0.0476 e. The van der Waals surface area contributed by atoms with Gasteiger partial charge in [0.25, 0.3) is 0 Å². The molecule has 1 rings (SSSR count). The molecule has 2 N–H and O–H groups in total. The predicted octanol–water partition coefficient (Wildman–Crippen LogP) is 2.64. The molecule has 1 atom stereocenters. The number of hydrogen-bond donors (Lipinski definition) is 1. The predicted molar refractivity (Wildman–Crippen MR) is 70.6 cm³/mol. The van der Waals surface area contributed by atoms with E-state index in [-0.39, 0.29) is 11.6 Å². The van der Waals surface area contributed by atoms with Crippen molar-refractivity contribution in [2.24, 2.45) is 5.73 Å². The van der Waals surface area contributed by atoms with Crippen molar-refractivity contribution >= 4 is 0 Å². The van der Waals surface area contributed by atoms with Gasteiger partial charge in [0.1, 0.15) is 0 Å². The molecule has 90 valence electrons. The van der Waals surface area contributed by atoms with E-state index < -0.39 is 0 Å². The zero-order chi connectivity index (χ0) is 12.5. The number of aryl methyl sites for hydroxylation is 2. The van der Waals surface area contributed by atoms with E-state index >= 15 is 0 Å². The molecule has 0 aliphatic carbocycles. The van der Waals surface area contributed by atoms with Crippen molar-refractivity contribution in [3.8, 4) is 0 Å². The Bertz CT molecular complexity index is 367. The molecule has 0 saturated heterocycles. The third-order valence-electron chi connectivity index (χ3n) is 3.80. The number of rotatable bonds is 3. The maximum atomic E-state index is 6.35. The lowest BCUT2D eigenvalue weighted by atomic mass is 9.87. The first-order valence-corrected chi connectivity index (χ1v) is 5.77. The highest BCUT2D eigenvalue weighted by atomic mass is 15.2. The molecule has 0 bridgehead atoms. The highest BCUT2D eigenvalue weighted by Crippen LogP contribution is 2.28. The number of likely N-dealkylation sites (N-methyl/N-ethyl adjacent to an activating group) is 1. The molecule has 0 saturated carbocycles. The van der Waals surface area contributed by atoms with E-state index in [4.69, 9.17) is 5.73 Å². The van der Waals surface area contributed by atoms with Crippen molar-refractivity contribution in [1.82, 2.24) is 4.90 Å². The molecule has 0 fully saturated rings. The normalized spacial score (nSPS) is 14.2. The van der Waals surface area contributed by atoms with Crippen LogP contribution in [0.3, 0.4) is 0 Å². The van der Waals surface area contributed by atoms with Gasteiger partial charge >= 0.3 is 0 Å². The average Bonchev–Trinajstić information content (AvgIpc) is 2.20. The van der Waals surface area contributed by atoms with Crippen LogP contribution in [0.5, 0.6) is 0 Å². The van der Waals surface area contributed by atoms with Crippen molar-refractivity contribution in [3.05, 3.63) is 34.9 Å². The summed E-state index contributed by atoms with van der Waals surface area (Å²) in [5, 5.41) is 0. The molecule has 0 spiro atoms. The molecule has 16 heavy (non-hydrogen) atoms. The van der Waals surface area contributed by atoms with Crippen LogP contribution in [0.2, 0.25) is 0 Å². The van der Waals surface area contributed by atoms with Gasteiger partial charge in [-0.2, -0.15) is 0 Å². The van der Waals surface area contributed by atoms with Crippen molar-refractivity contribution in [2.45, 2.75) is 39.3 Å². The Morgan fingerprint density at radius 1 is 1.12 bits per heavy atom. The summed E-state index contributed by atoms with van der Waals surface area (Å²) in [6.45, 7) is 8.61. The molecule has 0 aliphatic heterocycles. The Labute approximate surface area is 99.5 Å². The Morgan fingerprint density at radius 2 is 1.69 bits per heavy atom. The second-order valence-electron chi connectivity index (χ2n) is 5.37. The van der Waals surface area contributed by atoms with Crippen LogP contribution >= 0.6 is 0 Å². The Hall–Kier alpha value is -0.860. The summed E-state index contributed by atoms with van der Waals surface area (Å²) in [5.41, 5.74) is 10.1. The summed E-state index contributed by atoms with van der Waals surface area (Å²) in [7, 11) is 4.14. The molecule has 0 amide bonds. The molecule has 2 nitrogen and oxygen atoms in total. The molecule has 0 aliphatic rings. The van der Waals surface area contributed by atoms with Gasteiger partial charge in [-0.25, -0.2) is 0 Å². The van der Waals surface area contributed by atoms with E-state index in [1.165, 1.54) is 16.7 Å². The maximum Gasteiger partial charge on any atom is 0.0476 e. The van der Waals surface area contributed by atoms with Crippen molar-refractivity contribution < 1.29 is 0 Å². The SMILES string of the molecule is Cc1ccc(C(N)C(C)(C)N(C)C)cc1C. The van der Waals surface area contributed by atoms with Gasteiger partial charge < -0.3 is 10.6 Å². The zero-order valence-electron chi connectivity index (χ0n) is 11.3. The third kappa shape index (κ3) is 2.45. The molecule has 1 aromatic rings. The minimum absolute atomic E-state index is 0.0294. The second-order valence-corrected chi connectivity index (χ2v) is 5.37. The molecule has 0 heterocycles. The van der Waals surface area contributed by atoms with Crippen LogP contribution in [0.25, 0.3) is 0 Å². The lowest BCUT2D eigenvalue weighted by molar-refractivity contribution is 0.159. The van der Waals surface area contributed by atoms with E-state index in [2.05, 4.69) is 64.9 Å². The number of nitrogens with two attached hydrogens (primary N) is 1. The van der Waals surface area contributed by atoms with Gasteiger partial charge in [0.05, 0.1) is 0 Å². The number of nitrogens with zero attached hydrogens (tertiary/aromatic N) is 1. The van der Waals surface area contributed by atoms with Gasteiger partial charge in [0.2, 0.25) is 0 Å². The average molecular weight is 220 g/mol. The van der Waals surface area contributed by atoms with Crippen LogP contribution in [0.15, 0.2) is 18.2 Å². The van der Waals surface area contributed by atoms with Crippen molar-refractivity contribution in [1.29, 1.82) is 0 Å². The van der Waals surface area contributed by atoms with Crippen LogP contribution in [-0.2, 0) is 0 Å². The highest BCUT2D eigenvalue weighted by molar-refractivity contribution is 5.32. The monoisotopic (exact) mass is 220 g/mol. The van der Waals surface area contributed by atoms with Crippen molar-refractivity contribution in [2.75, 3.05) is 14.1 Å². The quantitative estimate of drug-likeness (QED) is 0.848. The summed E-state index contributed by atoms with van der Waals surface area (Å²) in [5.74, 6) is 0. The lowest BCUT2D eigenvalue weighted by Gasteiger charge is -2.38. The van der Waals surface area contributed by atoms with Gasteiger partial charge in [-0.3, -0.25) is 0 Å². The zero-order valence-corrected chi connectivity index (χ0v) is 11.3. The first kappa shape index (κ1) is 13.2. The Morgan fingerprint density at radius 3 is 2.12 bits per heavy atom. The van der Waals surface area contributed by atoms with E-state index in [1.807, 2.05) is 0 Å². The summed E-state index contributed by atoms with van der Waals surface area (Å²) >= 11 is 0. The molecule has 2 heteroatoms. The summed E-state index contributed by atoms with van der Waals surface area (Å²) in [4.78, 5) is 2.17. The molecular weight excluding hydrogens is 196 g/mol. The highest BCUT2D eigenvalue weighted by Gasteiger charge is 2.29. The molecule has 0 radical (unpaired) electrons. The largest absolute Gasteiger partial charge is 0.322 e. The summed E-state index contributed by atoms with van der Waals surface area (Å²) < 4.78 is 0. The molecule has 1 unspecified atom stereocenters. The maximum absolute atomic E-state index is 6.35. The van der Waals surface area contributed by atoms with Crippen LogP contribution in [0.4, 0.5) is 0 Å². The van der Waals surface area contributed by atoms with Crippen LogP contribution in [0, 0.1) is 13.8 Å². The van der Waals surface area contributed by atoms with Gasteiger partial charge in [-0.15, -0.1) is 0 Å². The minimum atomic E-state index is -0.0400. The summed E-state index contributed by atoms with van der Waals surface area (Å²) in [6.07, 6.45) is 0. The van der Waals surface area contributed by atoms with E-state index in [0.717, 1.165) is 0 Å². The first-order chi connectivity index (χ1) is 7.26. The van der Waals surface area contributed by atoms with E-state index in [0.29, 0.717) is 0 Å². The third-order valence-corrected chi connectivity index (χ3v) is 3.80. The van der Waals surface area contributed by atoms with Crippen molar-refractivity contribution in [3.63, 3.8) is 0 Å². The second kappa shape index (κ2) is 4.56. The van der Waals surface area contributed by atoms with Gasteiger partial charge in [-0.1, -0.05) is 18.2 Å². The molecule has 1 aromatic carbocycles. The van der Waals surface area contributed by atoms with E-state index in [1.54, 1.807) is 0 Å².